The molecular weight excluding hydrogens is 509 g/mol. The number of hydrogen-bond acceptors (Lipinski definition) is 7. The summed E-state index contributed by atoms with van der Waals surface area (Å²) in [7, 11) is -6.56. The number of carbonyl (C=O) groups excluding carboxylic acids is 1. The van der Waals surface area contributed by atoms with Crippen LogP contribution in [0.25, 0.3) is 0 Å². The highest BCUT2D eigenvalue weighted by Crippen LogP contribution is 2.42. The topological polar surface area (TPSA) is 119 Å². The van der Waals surface area contributed by atoms with Crippen LogP contribution in [-0.2, 0) is 35.7 Å². The van der Waals surface area contributed by atoms with Crippen molar-refractivity contribution >= 4 is 16.1 Å². The van der Waals surface area contributed by atoms with E-state index in [-0.39, 0.29) is 5.56 Å². The zero-order valence-corrected chi connectivity index (χ0v) is 17.8. The van der Waals surface area contributed by atoms with E-state index >= 15 is 0 Å². The Kier molecular flexibility index (Phi) is 9.61. The summed E-state index contributed by atoms with van der Waals surface area (Å²) in [5, 5.41) is 3.48. The monoisotopic (exact) mass is 528 g/mol. The molecule has 0 aliphatic heterocycles. The van der Waals surface area contributed by atoms with Crippen molar-refractivity contribution in [2.75, 3.05) is 6.61 Å². The zero-order chi connectivity index (χ0) is 26.4. The number of hydrogen-bond donors (Lipinski definition) is 2. The normalized spacial score (nSPS) is 15.9. The molecule has 8 nitrogen and oxygen atoms in total. The first kappa shape index (κ1) is 29.8. The molecule has 2 unspecified atom stereocenters. The molecule has 194 valence electrons. The lowest BCUT2D eigenvalue weighted by Gasteiger charge is -2.34. The standard InChI is InChI=1S/C18H19F7O8S/c1-2-13(26)33-16(17(21,22)23,14(27)31-11-12-7-4-3-5-8-12)32-10-6-9-15(19,20)18(24,25)34(28,29)30/h2-5,7-8,13,26H,1,6,9-11H2,(H,28,29,30). The van der Waals surface area contributed by atoms with Gasteiger partial charge in [-0.3, -0.25) is 4.55 Å². The Bertz CT molecular complexity index is 937. The fourth-order valence-corrected chi connectivity index (χ4v) is 2.77. The summed E-state index contributed by atoms with van der Waals surface area (Å²) in [5.41, 5.74) is 0.225. The Morgan fingerprint density at radius 2 is 1.65 bits per heavy atom. The Hall–Kier alpha value is -2.27. The zero-order valence-electron chi connectivity index (χ0n) is 17.0. The van der Waals surface area contributed by atoms with Crippen LogP contribution in [0, 0.1) is 0 Å². The van der Waals surface area contributed by atoms with Crippen LogP contribution in [0.2, 0.25) is 0 Å². The maximum absolute atomic E-state index is 13.8. The summed E-state index contributed by atoms with van der Waals surface area (Å²) in [4.78, 5) is 12.3. The van der Waals surface area contributed by atoms with E-state index in [0.29, 0.717) is 6.08 Å². The lowest BCUT2D eigenvalue weighted by atomic mass is 10.2. The molecule has 0 heterocycles. The predicted molar refractivity (Wildman–Crippen MR) is 98.9 cm³/mol. The largest absolute Gasteiger partial charge is 0.457 e. The van der Waals surface area contributed by atoms with Gasteiger partial charge in [0.1, 0.15) is 6.61 Å². The molecule has 34 heavy (non-hydrogen) atoms. The van der Waals surface area contributed by atoms with Crippen molar-refractivity contribution in [3.05, 3.63) is 48.6 Å². The van der Waals surface area contributed by atoms with E-state index in [1.165, 1.54) is 24.3 Å². The highest BCUT2D eigenvalue weighted by Gasteiger charge is 2.67. The smallest absolute Gasteiger partial charge is 0.455 e. The average molecular weight is 528 g/mol. The van der Waals surface area contributed by atoms with E-state index in [2.05, 4.69) is 20.8 Å². The van der Waals surface area contributed by atoms with E-state index in [0.717, 1.165) is 0 Å². The molecule has 0 saturated carbocycles. The Morgan fingerprint density at radius 1 is 1.09 bits per heavy atom. The van der Waals surface area contributed by atoms with Gasteiger partial charge in [0.2, 0.25) is 0 Å². The second-order valence-corrected chi connectivity index (χ2v) is 8.03. The van der Waals surface area contributed by atoms with E-state index in [4.69, 9.17) is 4.55 Å². The van der Waals surface area contributed by atoms with Crippen molar-refractivity contribution < 1.29 is 67.8 Å². The van der Waals surface area contributed by atoms with Crippen molar-refractivity contribution in [3.63, 3.8) is 0 Å². The summed E-state index contributed by atoms with van der Waals surface area (Å²) >= 11 is 0. The molecule has 0 aliphatic carbocycles. The van der Waals surface area contributed by atoms with Crippen LogP contribution in [0.1, 0.15) is 18.4 Å². The number of carbonyl (C=O) groups is 1. The molecule has 1 aromatic rings. The molecule has 0 aliphatic rings. The fraction of sp³-hybridized carbons (Fsp3) is 0.500. The Labute approximate surface area is 188 Å². The van der Waals surface area contributed by atoms with Crippen molar-refractivity contribution in [1.82, 2.24) is 0 Å². The number of halogens is 7. The fourth-order valence-electron chi connectivity index (χ4n) is 2.29. The van der Waals surface area contributed by atoms with Gasteiger partial charge in [-0.25, -0.2) is 4.79 Å². The van der Waals surface area contributed by atoms with Gasteiger partial charge in [0, 0.05) is 6.42 Å². The van der Waals surface area contributed by atoms with Gasteiger partial charge in [-0.05, 0) is 18.1 Å². The van der Waals surface area contributed by atoms with Gasteiger partial charge in [0.15, 0.2) is 6.29 Å². The molecule has 0 amide bonds. The first-order chi connectivity index (χ1) is 15.4. The van der Waals surface area contributed by atoms with Crippen LogP contribution in [0.5, 0.6) is 0 Å². The Morgan fingerprint density at radius 3 is 2.12 bits per heavy atom. The molecule has 1 aromatic carbocycles. The van der Waals surface area contributed by atoms with E-state index < -0.39 is 71.6 Å². The summed E-state index contributed by atoms with van der Waals surface area (Å²) < 4.78 is 137. The third kappa shape index (κ3) is 6.88. The first-order valence-electron chi connectivity index (χ1n) is 9.04. The molecule has 0 radical (unpaired) electrons. The van der Waals surface area contributed by atoms with Gasteiger partial charge in [-0.2, -0.15) is 39.2 Å². The van der Waals surface area contributed by atoms with Crippen molar-refractivity contribution in [2.45, 2.75) is 48.9 Å². The molecular formula is C18H19F7O8S. The second kappa shape index (κ2) is 11.0. The third-order valence-corrected chi connectivity index (χ3v) is 4.98. The molecule has 0 fully saturated rings. The Balaban J connectivity index is 3.08. The average Bonchev–Trinajstić information content (AvgIpc) is 2.72. The predicted octanol–water partition coefficient (Wildman–Crippen LogP) is 3.42. The summed E-state index contributed by atoms with van der Waals surface area (Å²) in [6.45, 7) is 0.689. The minimum absolute atomic E-state index is 0.225. The highest BCUT2D eigenvalue weighted by molar-refractivity contribution is 7.87. The van der Waals surface area contributed by atoms with Crippen molar-refractivity contribution in [3.8, 4) is 0 Å². The van der Waals surface area contributed by atoms with E-state index in [1.54, 1.807) is 6.07 Å². The van der Waals surface area contributed by atoms with E-state index in [1.807, 2.05) is 0 Å². The number of benzene rings is 1. The molecule has 0 saturated heterocycles. The lowest BCUT2D eigenvalue weighted by molar-refractivity contribution is -0.390. The molecule has 0 aromatic heterocycles. The SMILES string of the molecule is C=CC(O)OC(OCCCC(F)(F)C(F)(F)S(=O)(=O)O)(C(=O)OCc1ccccc1)C(F)(F)F. The van der Waals surface area contributed by atoms with Crippen LogP contribution < -0.4 is 0 Å². The van der Waals surface area contributed by atoms with Crippen molar-refractivity contribution in [2.24, 2.45) is 0 Å². The van der Waals surface area contributed by atoms with Gasteiger partial charge < -0.3 is 19.3 Å². The maximum Gasteiger partial charge on any atom is 0.455 e. The number of alkyl halides is 7. The summed E-state index contributed by atoms with van der Waals surface area (Å²) in [5.74, 6) is -12.1. The van der Waals surface area contributed by atoms with Crippen molar-refractivity contribution in [1.29, 1.82) is 0 Å². The number of aliphatic hydroxyl groups excluding tert-OH is 1. The van der Waals surface area contributed by atoms with Crippen LogP contribution in [-0.4, -0.2) is 60.1 Å². The quantitative estimate of drug-likeness (QED) is 0.0999. The van der Waals surface area contributed by atoms with Gasteiger partial charge >= 0.3 is 39.2 Å². The van der Waals surface area contributed by atoms with Gasteiger partial charge in [-0.15, -0.1) is 0 Å². The van der Waals surface area contributed by atoms with Crippen LogP contribution in [0.4, 0.5) is 30.7 Å². The maximum atomic E-state index is 13.8. The number of esters is 1. The van der Waals surface area contributed by atoms with Gasteiger partial charge in [-0.1, -0.05) is 36.9 Å². The second-order valence-electron chi connectivity index (χ2n) is 6.57. The minimum Gasteiger partial charge on any atom is -0.457 e. The molecule has 16 heteroatoms. The van der Waals surface area contributed by atoms with E-state index in [9.17, 15) is 49.1 Å². The third-order valence-electron chi connectivity index (χ3n) is 4.03. The van der Waals surface area contributed by atoms with Gasteiger partial charge in [0.05, 0.1) is 6.61 Å². The molecule has 0 spiro atoms. The number of ether oxygens (including phenoxy) is 3. The summed E-state index contributed by atoms with van der Waals surface area (Å²) in [6, 6.07) is 7.24. The molecule has 1 rings (SSSR count). The lowest BCUT2D eigenvalue weighted by Crippen LogP contribution is -2.58. The first-order valence-corrected chi connectivity index (χ1v) is 10.5. The number of rotatable bonds is 13. The highest BCUT2D eigenvalue weighted by atomic mass is 32.2. The molecule has 0 bridgehead atoms. The molecule has 2 atom stereocenters. The number of aliphatic hydroxyl groups is 1. The molecule has 2 N–H and O–H groups in total. The van der Waals surface area contributed by atoms with Gasteiger partial charge in [0.25, 0.3) is 0 Å². The minimum atomic E-state index is -6.56. The van der Waals surface area contributed by atoms with Crippen LogP contribution in [0.3, 0.4) is 0 Å². The van der Waals surface area contributed by atoms with Crippen LogP contribution >= 0.6 is 0 Å². The summed E-state index contributed by atoms with van der Waals surface area (Å²) in [6.07, 6.45) is -11.3. The van der Waals surface area contributed by atoms with Crippen LogP contribution in [0.15, 0.2) is 43.0 Å².